The first-order valence-electron chi connectivity index (χ1n) is 12.8. The third kappa shape index (κ3) is 6.61. The zero-order valence-electron chi connectivity index (χ0n) is 22.2. The summed E-state index contributed by atoms with van der Waals surface area (Å²) in [7, 11) is 0. The van der Waals surface area contributed by atoms with E-state index >= 15 is 0 Å². The van der Waals surface area contributed by atoms with Crippen LogP contribution in [0.1, 0.15) is 77.4 Å². The van der Waals surface area contributed by atoms with Gasteiger partial charge < -0.3 is 24.8 Å². The van der Waals surface area contributed by atoms with Gasteiger partial charge >= 0.3 is 5.97 Å². The number of aryl methyl sites for hydroxylation is 1. The van der Waals surface area contributed by atoms with Crippen LogP contribution in [0.2, 0.25) is 0 Å². The van der Waals surface area contributed by atoms with E-state index in [1.54, 1.807) is 11.3 Å². The molecule has 9 heteroatoms. The second-order valence-electron chi connectivity index (χ2n) is 11.3. The number of ketones is 1. The fourth-order valence-corrected chi connectivity index (χ4v) is 5.62. The number of esters is 1. The molecule has 0 amide bonds. The molecule has 2 aliphatic rings. The molecule has 2 saturated heterocycles. The van der Waals surface area contributed by atoms with E-state index in [2.05, 4.69) is 4.98 Å². The number of carbonyl (C=O) groups excluding carboxylic acids is 2. The second kappa shape index (κ2) is 11.4. The van der Waals surface area contributed by atoms with Gasteiger partial charge in [-0.05, 0) is 51.2 Å². The molecule has 2 fully saturated rings. The molecule has 7 atom stereocenters. The van der Waals surface area contributed by atoms with Crippen LogP contribution in [0.25, 0.3) is 6.08 Å². The molecule has 0 spiro atoms. The summed E-state index contributed by atoms with van der Waals surface area (Å²) in [6, 6.07) is 0. The number of fused-ring (bicyclic) bond motifs is 1. The third-order valence-electron chi connectivity index (χ3n) is 7.95. The van der Waals surface area contributed by atoms with E-state index in [0.717, 1.165) is 29.1 Å². The molecule has 0 aliphatic carbocycles. The number of aliphatic hydroxyl groups is 3. The monoisotopic (exact) mass is 523 g/mol. The van der Waals surface area contributed by atoms with E-state index in [0.29, 0.717) is 12.8 Å². The Labute approximate surface area is 217 Å². The molecule has 0 unspecified atom stereocenters. The molecule has 2 aliphatic heterocycles. The van der Waals surface area contributed by atoms with Crippen molar-refractivity contribution < 1.29 is 34.4 Å². The summed E-state index contributed by atoms with van der Waals surface area (Å²) >= 11 is 1.54. The van der Waals surface area contributed by atoms with Crippen LogP contribution in [0, 0.1) is 24.2 Å². The average molecular weight is 524 g/mol. The largest absolute Gasteiger partial charge is 0.458 e. The molecule has 0 bridgehead atoms. The number of thiazole rings is 1. The maximum Gasteiger partial charge on any atom is 0.309 e. The zero-order chi connectivity index (χ0) is 26.8. The van der Waals surface area contributed by atoms with Crippen LogP contribution >= 0.6 is 11.3 Å². The highest BCUT2D eigenvalue weighted by molar-refractivity contribution is 7.09. The highest BCUT2D eigenvalue weighted by atomic mass is 32.1. The highest BCUT2D eigenvalue weighted by Crippen LogP contribution is 2.45. The number of epoxide rings is 1. The van der Waals surface area contributed by atoms with Crippen LogP contribution in [0.3, 0.4) is 0 Å². The zero-order valence-corrected chi connectivity index (χ0v) is 23.0. The molecule has 3 N–H and O–H groups in total. The van der Waals surface area contributed by atoms with Crippen LogP contribution < -0.4 is 0 Å². The Balaban J connectivity index is 1.87. The fourth-order valence-electron chi connectivity index (χ4n) is 5.05. The Hall–Kier alpha value is -1.65. The lowest BCUT2D eigenvalue weighted by atomic mass is 9.72. The number of aromatic nitrogens is 1. The number of hydrogen-bond donors (Lipinski definition) is 3. The van der Waals surface area contributed by atoms with Crippen molar-refractivity contribution >= 4 is 29.2 Å². The highest BCUT2D eigenvalue weighted by Gasteiger charge is 2.53. The van der Waals surface area contributed by atoms with E-state index in [-0.39, 0.29) is 24.0 Å². The summed E-state index contributed by atoms with van der Waals surface area (Å²) < 4.78 is 11.9. The fraction of sp³-hybridized carbons (Fsp3) is 0.741. The number of nitrogens with zero attached hydrogens (tertiary/aromatic N) is 1. The van der Waals surface area contributed by atoms with E-state index in [1.165, 1.54) is 13.8 Å². The van der Waals surface area contributed by atoms with Crippen molar-refractivity contribution in [1.82, 2.24) is 4.98 Å². The van der Waals surface area contributed by atoms with E-state index in [1.807, 2.05) is 39.2 Å². The van der Waals surface area contributed by atoms with Gasteiger partial charge in [0.2, 0.25) is 0 Å². The molecular weight excluding hydrogens is 482 g/mol. The number of cyclic esters (lactones) is 1. The standard InChI is InChI=1S/C27H41NO7S/c1-15-8-7-9-27(6)22(35-27)11-20(16(2)10-18-14-36-17(3)28-18)34-23(31)12-21(30)26(4,5)25(33)19(13-29)24(15)32/h10,14-15,19-22,24,29-30,32H,7-9,11-13H2,1-6H3/b16-10+/t15-,19+,20-,21-,22-,24-,27+/m0/s1. The summed E-state index contributed by atoms with van der Waals surface area (Å²) in [6.45, 7) is 10.3. The Morgan fingerprint density at radius 3 is 2.58 bits per heavy atom. The summed E-state index contributed by atoms with van der Waals surface area (Å²) in [6.07, 6.45) is 1.18. The molecule has 0 aromatic carbocycles. The molecular formula is C27H41NO7S. The van der Waals surface area contributed by atoms with Crippen LogP contribution in [-0.2, 0) is 19.1 Å². The predicted molar refractivity (Wildman–Crippen MR) is 137 cm³/mol. The van der Waals surface area contributed by atoms with Crippen LogP contribution in [0.4, 0.5) is 0 Å². The van der Waals surface area contributed by atoms with Gasteiger partial charge in [0.25, 0.3) is 0 Å². The Bertz CT molecular complexity index is 973. The average Bonchev–Trinajstić information content (AvgIpc) is 3.24. The van der Waals surface area contributed by atoms with Gasteiger partial charge in [0.15, 0.2) is 0 Å². The van der Waals surface area contributed by atoms with Gasteiger partial charge in [0.1, 0.15) is 11.9 Å². The number of ether oxygens (including phenoxy) is 2. The van der Waals surface area contributed by atoms with Crippen molar-refractivity contribution in [2.24, 2.45) is 17.3 Å². The van der Waals surface area contributed by atoms with Crippen LogP contribution in [-0.4, -0.2) is 68.7 Å². The maximum absolute atomic E-state index is 13.3. The first-order chi connectivity index (χ1) is 16.8. The Kier molecular flexibility index (Phi) is 9.15. The lowest BCUT2D eigenvalue weighted by Gasteiger charge is -2.35. The van der Waals surface area contributed by atoms with Gasteiger partial charge in [-0.3, -0.25) is 9.59 Å². The minimum Gasteiger partial charge on any atom is -0.458 e. The molecule has 3 rings (SSSR count). The number of carbonyl (C=O) groups is 2. The molecule has 1 aromatic rings. The summed E-state index contributed by atoms with van der Waals surface area (Å²) in [5.74, 6) is -2.37. The van der Waals surface area contributed by atoms with Crippen LogP contribution in [0.15, 0.2) is 11.0 Å². The van der Waals surface area contributed by atoms with Crippen molar-refractivity contribution in [2.75, 3.05) is 6.61 Å². The van der Waals surface area contributed by atoms with Gasteiger partial charge in [0, 0.05) is 11.8 Å². The van der Waals surface area contributed by atoms with Gasteiger partial charge in [0.05, 0.1) is 59.0 Å². The van der Waals surface area contributed by atoms with Crippen molar-refractivity contribution in [3.05, 3.63) is 21.7 Å². The number of rotatable bonds is 3. The smallest absolute Gasteiger partial charge is 0.309 e. The van der Waals surface area contributed by atoms with Gasteiger partial charge in [-0.2, -0.15) is 0 Å². The van der Waals surface area contributed by atoms with Gasteiger partial charge in [-0.1, -0.05) is 27.2 Å². The minimum atomic E-state index is -1.36. The number of hydrogen-bond acceptors (Lipinski definition) is 9. The lowest BCUT2D eigenvalue weighted by molar-refractivity contribution is -0.155. The minimum absolute atomic E-state index is 0.0860. The van der Waals surface area contributed by atoms with E-state index in [9.17, 15) is 24.9 Å². The molecule has 1 aromatic heterocycles. The third-order valence-corrected chi connectivity index (χ3v) is 8.74. The molecule has 3 heterocycles. The molecule has 8 nitrogen and oxygen atoms in total. The van der Waals surface area contributed by atoms with Crippen molar-refractivity contribution in [2.45, 2.75) is 104 Å². The van der Waals surface area contributed by atoms with E-state index < -0.39 is 48.0 Å². The topological polar surface area (TPSA) is 129 Å². The first kappa shape index (κ1) is 28.9. The van der Waals surface area contributed by atoms with Gasteiger partial charge in [-0.15, -0.1) is 11.3 Å². The first-order valence-corrected chi connectivity index (χ1v) is 13.7. The Morgan fingerprint density at radius 1 is 1.28 bits per heavy atom. The molecule has 202 valence electrons. The van der Waals surface area contributed by atoms with Crippen molar-refractivity contribution in [3.8, 4) is 0 Å². The summed E-state index contributed by atoms with van der Waals surface area (Å²) in [5.41, 5.74) is -0.0834. The predicted octanol–water partition coefficient (Wildman–Crippen LogP) is 3.45. The maximum atomic E-state index is 13.3. The molecule has 36 heavy (non-hydrogen) atoms. The number of Topliss-reactive ketones (excluding diaryl/α,β-unsaturated/α-hetero) is 1. The quantitative estimate of drug-likeness (QED) is 0.406. The summed E-state index contributed by atoms with van der Waals surface area (Å²) in [4.78, 5) is 30.7. The van der Waals surface area contributed by atoms with E-state index in [4.69, 9.17) is 9.47 Å². The number of aliphatic hydroxyl groups excluding tert-OH is 3. The summed E-state index contributed by atoms with van der Waals surface area (Å²) in [5, 5.41) is 34.6. The van der Waals surface area contributed by atoms with Gasteiger partial charge in [-0.25, -0.2) is 4.98 Å². The van der Waals surface area contributed by atoms with Crippen molar-refractivity contribution in [1.29, 1.82) is 0 Å². The second-order valence-corrected chi connectivity index (χ2v) is 12.3. The molecule has 0 radical (unpaired) electrons. The SMILES string of the molecule is C/C(=C\c1csc(C)n1)[C@@H]1C[C@@H]2O[C@]2(C)CCC[C@H](C)[C@H](O)[C@@H](CO)C(=O)C(C)(C)[C@@H](O)CC(=O)O1. The normalized spacial score (nSPS) is 36.8. The van der Waals surface area contributed by atoms with Crippen LogP contribution in [0.5, 0.6) is 0 Å². The Morgan fingerprint density at radius 2 is 1.97 bits per heavy atom. The lowest BCUT2D eigenvalue weighted by Crippen LogP contribution is -2.48. The molecule has 0 saturated carbocycles. The van der Waals surface area contributed by atoms with Crippen molar-refractivity contribution in [3.63, 3.8) is 0 Å².